The van der Waals surface area contributed by atoms with Gasteiger partial charge in [-0.15, -0.1) is 5.10 Å². The van der Waals surface area contributed by atoms with E-state index in [0.717, 1.165) is 39.8 Å². The van der Waals surface area contributed by atoms with Crippen LogP contribution in [-0.2, 0) is 11.4 Å². The summed E-state index contributed by atoms with van der Waals surface area (Å²) in [6, 6.07) is 20.9. The molecule has 0 fully saturated rings. The molecule has 4 aromatic rings. The number of hydrogen-bond donors (Lipinski definition) is 2. The van der Waals surface area contributed by atoms with Crippen LogP contribution < -0.4 is 20.1 Å². The zero-order valence-corrected chi connectivity index (χ0v) is 27.2. The highest BCUT2D eigenvalue weighted by Gasteiger charge is 2.36. The Bertz CT molecular complexity index is 1640. The minimum Gasteiger partial charge on any atom is -0.492 e. The summed E-state index contributed by atoms with van der Waals surface area (Å²) in [6.07, 6.45) is 2.16. The zero-order valence-electron chi connectivity index (χ0n) is 24.8. The monoisotopic (exact) mass is 661 g/mol. The number of nitrogens with zero attached hydrogens (tertiary/aromatic N) is 3. The number of thioether (sulfide) groups is 1. The number of unbranched alkanes of at least 4 members (excludes halogenated alkanes) is 1. The van der Waals surface area contributed by atoms with E-state index in [1.807, 2.05) is 68.4 Å². The molecule has 224 valence electrons. The lowest BCUT2D eigenvalue weighted by atomic mass is 9.94. The number of aryl methyl sites for hydroxylation is 1. The SMILES string of the molecule is CCCCSc1nc2n(n1)C(c1cc(Br)ccc1OCc1ccccc1C)C(C(=O)Nc1ccccc1OCC)=C(C)N2. The number of fused-ring (bicyclic) bond motifs is 1. The fourth-order valence-electron chi connectivity index (χ4n) is 4.91. The molecular formula is C33H36BrN5O3S. The summed E-state index contributed by atoms with van der Waals surface area (Å²) in [6.45, 7) is 8.92. The molecule has 8 nitrogen and oxygen atoms in total. The number of hydrogen-bond acceptors (Lipinski definition) is 7. The van der Waals surface area contributed by atoms with E-state index in [2.05, 4.69) is 52.5 Å². The van der Waals surface area contributed by atoms with Gasteiger partial charge in [-0.1, -0.05) is 77.4 Å². The van der Waals surface area contributed by atoms with Crippen LogP contribution in [0.2, 0.25) is 0 Å². The van der Waals surface area contributed by atoms with Crippen LogP contribution in [0.5, 0.6) is 11.5 Å². The molecule has 0 spiro atoms. The number of ether oxygens (including phenoxy) is 2. The van der Waals surface area contributed by atoms with Crippen molar-refractivity contribution in [1.29, 1.82) is 0 Å². The summed E-state index contributed by atoms with van der Waals surface area (Å²) in [5.74, 6) is 2.50. The van der Waals surface area contributed by atoms with E-state index in [-0.39, 0.29) is 5.91 Å². The van der Waals surface area contributed by atoms with Gasteiger partial charge in [0, 0.05) is 21.5 Å². The van der Waals surface area contributed by atoms with E-state index in [9.17, 15) is 4.79 Å². The van der Waals surface area contributed by atoms with Crippen molar-refractivity contribution in [2.24, 2.45) is 0 Å². The van der Waals surface area contributed by atoms with Crippen LogP contribution in [0.3, 0.4) is 0 Å². The number of carbonyl (C=O) groups is 1. The quantitative estimate of drug-likeness (QED) is 0.117. The number of halogens is 1. The molecule has 1 aliphatic heterocycles. The third kappa shape index (κ3) is 7.08. The van der Waals surface area contributed by atoms with E-state index in [4.69, 9.17) is 19.6 Å². The van der Waals surface area contributed by atoms with Gasteiger partial charge in [-0.2, -0.15) is 4.98 Å². The van der Waals surface area contributed by atoms with Gasteiger partial charge in [0.1, 0.15) is 24.1 Å². The van der Waals surface area contributed by atoms with Crippen molar-refractivity contribution < 1.29 is 14.3 Å². The molecule has 1 aromatic heterocycles. The Hall–Kier alpha value is -3.76. The molecule has 0 aliphatic carbocycles. The van der Waals surface area contributed by atoms with Crippen molar-refractivity contribution in [1.82, 2.24) is 14.8 Å². The van der Waals surface area contributed by atoms with Gasteiger partial charge in [0.2, 0.25) is 11.1 Å². The molecule has 5 rings (SSSR count). The van der Waals surface area contributed by atoms with E-state index in [1.54, 1.807) is 16.4 Å². The molecule has 43 heavy (non-hydrogen) atoms. The molecule has 0 bridgehead atoms. The van der Waals surface area contributed by atoms with Crippen molar-refractivity contribution in [3.8, 4) is 11.5 Å². The van der Waals surface area contributed by atoms with Crippen LogP contribution in [-0.4, -0.2) is 33.0 Å². The molecule has 1 unspecified atom stereocenters. The standard InChI is InChI=1S/C33H36BrN5O3S/c1-5-7-18-43-33-37-32-35-22(4)29(31(40)36-26-14-10-11-15-28(26)41-6-2)30(39(32)38-33)25-19-24(34)16-17-27(25)42-20-23-13-9-8-12-21(23)3/h8-17,19,30H,5-7,18,20H2,1-4H3,(H,36,40)(H,35,37,38). The highest BCUT2D eigenvalue weighted by molar-refractivity contribution is 9.10. The van der Waals surface area contributed by atoms with E-state index in [0.29, 0.717) is 52.8 Å². The Kier molecular flexibility index (Phi) is 10.1. The first kappa shape index (κ1) is 30.7. The van der Waals surface area contributed by atoms with Gasteiger partial charge in [-0.05, 0) is 68.7 Å². The lowest BCUT2D eigenvalue weighted by Gasteiger charge is -2.30. The first-order chi connectivity index (χ1) is 20.9. The minimum atomic E-state index is -0.604. The van der Waals surface area contributed by atoms with Crippen molar-refractivity contribution in [2.45, 2.75) is 58.3 Å². The van der Waals surface area contributed by atoms with Crippen LogP contribution in [0.4, 0.5) is 11.6 Å². The van der Waals surface area contributed by atoms with Gasteiger partial charge in [-0.25, -0.2) is 4.68 Å². The summed E-state index contributed by atoms with van der Waals surface area (Å²) < 4.78 is 14.9. The first-order valence-corrected chi connectivity index (χ1v) is 16.2. The molecular weight excluding hydrogens is 626 g/mol. The second-order valence-corrected chi connectivity index (χ2v) is 12.2. The number of allylic oxidation sites excluding steroid dienone is 1. The Morgan fingerprint density at radius 1 is 1.05 bits per heavy atom. The lowest BCUT2D eigenvalue weighted by Crippen LogP contribution is -2.32. The molecule has 0 saturated carbocycles. The fourth-order valence-corrected chi connectivity index (χ4v) is 6.21. The molecule has 1 aliphatic rings. The average Bonchev–Trinajstić information content (AvgIpc) is 3.40. The number of anilines is 2. The van der Waals surface area contributed by atoms with E-state index in [1.165, 1.54) is 0 Å². The van der Waals surface area contributed by atoms with Crippen LogP contribution >= 0.6 is 27.7 Å². The third-order valence-electron chi connectivity index (χ3n) is 7.15. The highest BCUT2D eigenvalue weighted by Crippen LogP contribution is 2.42. The largest absolute Gasteiger partial charge is 0.492 e. The number of amides is 1. The molecule has 1 amide bonds. The van der Waals surface area contributed by atoms with Gasteiger partial charge in [0.25, 0.3) is 5.91 Å². The third-order valence-corrected chi connectivity index (χ3v) is 8.57. The maximum atomic E-state index is 14.2. The Morgan fingerprint density at radius 2 is 1.84 bits per heavy atom. The summed E-state index contributed by atoms with van der Waals surface area (Å²) in [4.78, 5) is 19.0. The summed E-state index contributed by atoms with van der Waals surface area (Å²) in [5.41, 5.74) is 4.83. The van der Waals surface area contributed by atoms with Gasteiger partial charge in [-0.3, -0.25) is 4.79 Å². The number of para-hydroxylation sites is 2. The number of nitrogens with one attached hydrogen (secondary N) is 2. The maximum Gasteiger partial charge on any atom is 0.255 e. The molecule has 2 heterocycles. The Morgan fingerprint density at radius 3 is 2.63 bits per heavy atom. The molecule has 10 heteroatoms. The molecule has 2 N–H and O–H groups in total. The second-order valence-electron chi connectivity index (χ2n) is 10.2. The summed E-state index contributed by atoms with van der Waals surface area (Å²) in [7, 11) is 0. The maximum absolute atomic E-state index is 14.2. The smallest absolute Gasteiger partial charge is 0.255 e. The van der Waals surface area contributed by atoms with Gasteiger partial charge in [0.15, 0.2) is 0 Å². The van der Waals surface area contributed by atoms with Crippen LogP contribution in [0.1, 0.15) is 56.3 Å². The normalized spacial score (nSPS) is 14.2. The van der Waals surface area contributed by atoms with Crippen molar-refractivity contribution in [3.63, 3.8) is 0 Å². The van der Waals surface area contributed by atoms with Crippen molar-refractivity contribution in [3.05, 3.63) is 99.2 Å². The number of rotatable bonds is 12. The van der Waals surface area contributed by atoms with Gasteiger partial charge in [0.05, 0.1) is 17.9 Å². The zero-order chi connectivity index (χ0) is 30.3. The first-order valence-electron chi connectivity index (χ1n) is 14.5. The second kappa shape index (κ2) is 14.1. The van der Waals surface area contributed by atoms with Crippen molar-refractivity contribution >= 4 is 45.2 Å². The Labute approximate surface area is 265 Å². The van der Waals surface area contributed by atoms with Crippen LogP contribution in [0.15, 0.2) is 87.6 Å². The van der Waals surface area contributed by atoms with E-state index >= 15 is 0 Å². The molecule has 0 radical (unpaired) electrons. The van der Waals surface area contributed by atoms with Gasteiger partial charge < -0.3 is 20.1 Å². The number of benzene rings is 3. The Balaban J connectivity index is 1.57. The van der Waals surface area contributed by atoms with Gasteiger partial charge >= 0.3 is 0 Å². The number of carbonyl (C=O) groups excluding carboxylic acids is 1. The summed E-state index contributed by atoms with van der Waals surface area (Å²) >= 11 is 5.27. The van der Waals surface area contributed by atoms with Crippen LogP contribution in [0.25, 0.3) is 0 Å². The number of aromatic nitrogens is 3. The topological polar surface area (TPSA) is 90.3 Å². The average molecular weight is 663 g/mol. The van der Waals surface area contributed by atoms with E-state index < -0.39 is 6.04 Å². The molecule has 3 aromatic carbocycles. The predicted octanol–water partition coefficient (Wildman–Crippen LogP) is 8.15. The molecule has 1 atom stereocenters. The highest BCUT2D eigenvalue weighted by atomic mass is 79.9. The fraction of sp³-hybridized carbons (Fsp3) is 0.303. The summed E-state index contributed by atoms with van der Waals surface area (Å²) in [5, 5.41) is 12.0. The molecule has 0 saturated heterocycles. The van der Waals surface area contributed by atoms with Crippen LogP contribution in [0, 0.1) is 6.92 Å². The predicted molar refractivity (Wildman–Crippen MR) is 176 cm³/mol. The lowest BCUT2D eigenvalue weighted by molar-refractivity contribution is -0.113. The minimum absolute atomic E-state index is 0.270. The van der Waals surface area contributed by atoms with Crippen molar-refractivity contribution in [2.75, 3.05) is 23.0 Å².